The highest BCUT2D eigenvalue weighted by molar-refractivity contribution is 6.42. The Bertz CT molecular complexity index is 3710. The molecule has 4 N–H and O–H groups in total. The molecule has 0 fully saturated rings. The monoisotopic (exact) mass is 1100 g/mol. The van der Waals surface area contributed by atoms with Crippen molar-refractivity contribution in [3.8, 4) is 46.0 Å². The van der Waals surface area contributed by atoms with Crippen molar-refractivity contribution < 1.29 is 49.0 Å². The van der Waals surface area contributed by atoms with Crippen LogP contribution in [0.3, 0.4) is 0 Å². The van der Waals surface area contributed by atoms with Gasteiger partial charge in [0.15, 0.2) is 0 Å². The fourth-order valence-corrected chi connectivity index (χ4v) is 10.4. The second kappa shape index (κ2) is 22.0. The van der Waals surface area contributed by atoms with E-state index in [0.717, 1.165) is 22.3 Å². The number of aliphatic imine (C=N–C) groups is 2. The number of rotatable bonds is 16. The van der Waals surface area contributed by atoms with E-state index in [1.807, 2.05) is 111 Å². The van der Waals surface area contributed by atoms with Crippen molar-refractivity contribution in [1.82, 2.24) is 0 Å². The summed E-state index contributed by atoms with van der Waals surface area (Å²) in [7, 11) is 0. The van der Waals surface area contributed by atoms with Gasteiger partial charge in [-0.05, 0) is 130 Å². The first kappa shape index (κ1) is 58.0. The first-order chi connectivity index (χ1) is 38.6. The van der Waals surface area contributed by atoms with Gasteiger partial charge in [0.25, 0.3) is 0 Å². The number of hydrogen-bond donors (Lipinski definition) is 4. The lowest BCUT2D eigenvalue weighted by Crippen LogP contribution is -2.12. The highest BCUT2D eigenvalue weighted by Gasteiger charge is 2.34. The molecule has 0 spiro atoms. The second-order valence-electron chi connectivity index (χ2n) is 25.2. The first-order valence-corrected chi connectivity index (χ1v) is 28.0. The summed E-state index contributed by atoms with van der Waals surface area (Å²) >= 11 is 0. The van der Waals surface area contributed by atoms with Gasteiger partial charge in [-0.25, -0.2) is 9.59 Å². The Balaban J connectivity index is 1.59. The Kier molecular flexibility index (Phi) is 15.6. The van der Waals surface area contributed by atoms with E-state index >= 15 is 0 Å². The van der Waals surface area contributed by atoms with E-state index < -0.39 is 11.9 Å². The molecule has 424 valence electrons. The maximum absolute atomic E-state index is 14.0. The van der Waals surface area contributed by atoms with E-state index in [0.29, 0.717) is 52.0 Å². The van der Waals surface area contributed by atoms with Crippen LogP contribution in [-0.4, -0.2) is 57.2 Å². The minimum absolute atomic E-state index is 0.0312. The van der Waals surface area contributed by atoms with Crippen molar-refractivity contribution in [1.29, 1.82) is 0 Å². The summed E-state index contributed by atoms with van der Waals surface area (Å²) in [6.07, 6.45) is 1.19. The number of fused-ring (bicyclic) bond motifs is 2. The quantitative estimate of drug-likeness (QED) is 0.0315. The number of carbonyl (C=O) groups is 2. The molecule has 0 aliphatic rings. The first-order valence-electron chi connectivity index (χ1n) is 28.0. The van der Waals surface area contributed by atoms with Crippen molar-refractivity contribution in [3.05, 3.63) is 166 Å². The summed E-state index contributed by atoms with van der Waals surface area (Å²) in [6, 6.07) is 36.4. The third kappa shape index (κ3) is 11.5. The van der Waals surface area contributed by atoms with E-state index in [-0.39, 0.29) is 119 Å². The van der Waals surface area contributed by atoms with Gasteiger partial charge < -0.3 is 39.4 Å². The molecule has 82 heavy (non-hydrogen) atoms. The predicted molar refractivity (Wildman–Crippen MR) is 331 cm³/mol. The van der Waals surface area contributed by atoms with Gasteiger partial charge in [-0.15, -0.1) is 0 Å². The van der Waals surface area contributed by atoms with Crippen molar-refractivity contribution in [2.75, 3.05) is 13.1 Å². The van der Waals surface area contributed by atoms with Crippen molar-refractivity contribution in [2.45, 2.75) is 131 Å². The van der Waals surface area contributed by atoms with Crippen molar-refractivity contribution in [3.63, 3.8) is 0 Å². The van der Waals surface area contributed by atoms with Gasteiger partial charge in [0.1, 0.15) is 46.0 Å². The number of hydrogen-bond acceptors (Lipinski definition) is 8. The largest absolute Gasteiger partial charge is 0.493 e. The third-order valence-corrected chi connectivity index (χ3v) is 14.9. The molecule has 0 heterocycles. The summed E-state index contributed by atoms with van der Waals surface area (Å²) in [6.45, 7) is 29.7. The number of aliphatic hydroxyl groups is 2. The Morgan fingerprint density at radius 3 is 0.768 bits per heavy atom. The zero-order valence-electron chi connectivity index (χ0n) is 49.5. The third-order valence-electron chi connectivity index (χ3n) is 14.9. The van der Waals surface area contributed by atoms with E-state index in [4.69, 9.17) is 18.9 Å². The topological polar surface area (TPSA) is 177 Å². The van der Waals surface area contributed by atoms with E-state index in [2.05, 4.69) is 93.1 Å². The average molecular weight is 1100 g/mol. The van der Waals surface area contributed by atoms with Crippen LogP contribution in [0, 0.1) is 0 Å². The van der Waals surface area contributed by atoms with Gasteiger partial charge in [-0.2, -0.15) is 0 Å². The summed E-state index contributed by atoms with van der Waals surface area (Å²) in [5.74, 6) is -1.65. The Hall–Kier alpha value is -8.64. The molecule has 9 rings (SSSR count). The maximum atomic E-state index is 14.0. The van der Waals surface area contributed by atoms with Gasteiger partial charge in [-0.1, -0.05) is 145 Å². The molecular weight excluding hydrogens is 1030 g/mol. The number of aliphatic hydroxyl groups excluding tert-OH is 2. The number of nitrogens with zero attached hydrogens (tertiary/aromatic N) is 2. The normalized spacial score (nSPS) is 12.9. The standard InChI is InChI=1S/C70H74N2O10/c1-15-33-71-63(73)47-35-51(79-43-25-17-39(18-26-43)67(3,4)5)57-59-53(81-45-29-21-41(22-30-45)69(9,10)11)37-49(65(75)76)56-50(66(77)78)38-54(82-46-31-23-42(24-32-46)70(12,13)14)60(62(56)59)58-52(80-44-27-19-40(20-28-44)68(6,7)8)36-48(55(47)61(57)58)64(74)72-34-16-2/h17-32,35-38H,15-16,33-34H2,1-14H3,(H,71,73)(H,72,74)(H,75,76)(H,77,78). The zero-order valence-corrected chi connectivity index (χ0v) is 49.5. The van der Waals surface area contributed by atoms with E-state index in [1.165, 1.54) is 12.1 Å². The minimum atomic E-state index is -1.42. The van der Waals surface area contributed by atoms with Crippen LogP contribution < -0.4 is 18.9 Å². The lowest BCUT2D eigenvalue weighted by Gasteiger charge is -2.26. The van der Waals surface area contributed by atoms with Crippen LogP contribution in [0.2, 0.25) is 0 Å². The molecule has 12 nitrogen and oxygen atoms in total. The molecule has 0 aliphatic heterocycles. The summed E-state index contributed by atoms with van der Waals surface area (Å²) in [5.41, 5.74) is 2.95. The fourth-order valence-electron chi connectivity index (χ4n) is 10.4. The lowest BCUT2D eigenvalue weighted by atomic mass is 9.82. The molecule has 12 heteroatoms. The Morgan fingerprint density at radius 1 is 0.341 bits per heavy atom. The molecule has 0 saturated carbocycles. The summed E-state index contributed by atoms with van der Waals surface area (Å²) in [4.78, 5) is 37.3. The van der Waals surface area contributed by atoms with Gasteiger partial charge in [0.2, 0.25) is 11.8 Å². The molecule has 0 saturated heterocycles. The zero-order chi connectivity index (χ0) is 59.4. The number of benzene rings is 9. The molecule has 9 aromatic carbocycles. The fraction of sp³-hybridized carbons (Fsp3) is 0.314. The van der Waals surface area contributed by atoms with Crippen LogP contribution in [0.25, 0.3) is 43.1 Å². The number of aromatic carboxylic acids is 2. The van der Waals surface area contributed by atoms with Gasteiger partial charge in [-0.3, -0.25) is 9.98 Å². The van der Waals surface area contributed by atoms with E-state index in [1.54, 1.807) is 12.1 Å². The van der Waals surface area contributed by atoms with Crippen LogP contribution in [0.4, 0.5) is 0 Å². The summed E-state index contributed by atoms with van der Waals surface area (Å²) < 4.78 is 28.3. The van der Waals surface area contributed by atoms with Crippen molar-refractivity contribution >= 4 is 66.8 Å². The minimum Gasteiger partial charge on any atom is -0.493 e. The number of carboxylic acids is 2. The second-order valence-corrected chi connectivity index (χ2v) is 25.2. The predicted octanol–water partition coefficient (Wildman–Crippen LogP) is 18.9. The number of carboxylic acid groups (broad SMARTS) is 2. The van der Waals surface area contributed by atoms with Crippen LogP contribution in [0.5, 0.6) is 46.0 Å². The maximum Gasteiger partial charge on any atom is 0.336 e. The SMILES string of the molecule is CCCN=C(O)c1cc(Oc2ccc(C(C)(C)C)cc2)c2c3c(Oc4ccc(C(C)(C)C)cc4)cc(C(=O)O)c4c(C(=O)O)cc(Oc5ccc(C(C)(C)C)cc5)c(c5c(Oc6ccc(C(C)(C)C)cc6)cc(C(O)=NCCC)c1c25)c43. The van der Waals surface area contributed by atoms with Crippen molar-refractivity contribution in [2.24, 2.45) is 9.98 Å². The van der Waals surface area contributed by atoms with Gasteiger partial charge >= 0.3 is 11.9 Å². The lowest BCUT2D eigenvalue weighted by molar-refractivity contribution is 0.0695. The average Bonchev–Trinajstić information content (AvgIpc) is 0.881. The van der Waals surface area contributed by atoms with Crippen LogP contribution in [0.1, 0.15) is 164 Å². The van der Waals surface area contributed by atoms with Crippen LogP contribution >= 0.6 is 0 Å². The van der Waals surface area contributed by atoms with Gasteiger partial charge in [0.05, 0.1) is 11.1 Å². The molecule has 0 bridgehead atoms. The Labute approximate surface area is 480 Å². The smallest absolute Gasteiger partial charge is 0.336 e. The van der Waals surface area contributed by atoms with Crippen LogP contribution in [0.15, 0.2) is 131 Å². The molecule has 9 aromatic rings. The highest BCUT2D eigenvalue weighted by atomic mass is 16.5. The van der Waals surface area contributed by atoms with E-state index in [9.17, 15) is 30.0 Å². The number of ether oxygens (including phenoxy) is 4. The molecule has 0 amide bonds. The molecule has 0 aromatic heterocycles. The molecule has 0 aliphatic carbocycles. The Morgan fingerprint density at radius 2 is 0.561 bits per heavy atom. The molecular formula is C70H74N2O10. The highest BCUT2D eigenvalue weighted by Crippen LogP contribution is 2.57. The van der Waals surface area contributed by atoms with Gasteiger partial charge in [0, 0.05) is 67.3 Å². The van der Waals surface area contributed by atoms with Crippen LogP contribution in [-0.2, 0) is 21.7 Å². The molecule has 0 radical (unpaired) electrons. The molecule has 0 atom stereocenters. The molecule has 0 unspecified atom stereocenters. The summed E-state index contributed by atoms with van der Waals surface area (Å²) in [5, 5.41) is 49.5.